The zero-order valence-corrected chi connectivity index (χ0v) is 31.2. The lowest BCUT2D eigenvalue weighted by Gasteiger charge is -2.18. The van der Waals surface area contributed by atoms with Crippen molar-refractivity contribution in [3.05, 3.63) is 60.8 Å². The van der Waals surface area contributed by atoms with Crippen LogP contribution in [0.5, 0.6) is 0 Å². The summed E-state index contributed by atoms with van der Waals surface area (Å²) in [5.41, 5.74) is 0. The van der Waals surface area contributed by atoms with Crippen molar-refractivity contribution in [3.8, 4) is 0 Å². The maximum absolute atomic E-state index is 12.3. The van der Waals surface area contributed by atoms with Crippen molar-refractivity contribution >= 4 is 25.5 Å². The SMILES string of the molecule is CC/C=C\C/C=C\C/C=C\CCCCCCCC(=O)OC[C@H](COP(=O)(O)O)OC(=O)CCCCCCCC(=O)/C=C/C=C\CCCCC. The molecule has 1 atom stereocenters. The lowest BCUT2D eigenvalue weighted by Crippen LogP contribution is -2.29. The molecule has 49 heavy (non-hydrogen) atoms. The third-order valence-corrected chi connectivity index (χ3v) is 7.98. The van der Waals surface area contributed by atoms with Crippen molar-refractivity contribution in [1.29, 1.82) is 0 Å². The molecule has 0 amide bonds. The Kier molecular flexibility index (Phi) is 32.1. The maximum atomic E-state index is 12.3. The van der Waals surface area contributed by atoms with E-state index in [1.807, 2.05) is 6.08 Å². The minimum atomic E-state index is -4.79. The molecule has 0 saturated carbocycles. The Morgan fingerprint density at radius 1 is 0.612 bits per heavy atom. The Morgan fingerprint density at radius 2 is 1.16 bits per heavy atom. The molecule has 0 saturated heterocycles. The molecule has 0 spiro atoms. The number of phosphoric acid groups is 1. The van der Waals surface area contributed by atoms with Crippen LogP contribution in [0, 0.1) is 0 Å². The Hall–Kier alpha value is -2.58. The summed E-state index contributed by atoms with van der Waals surface area (Å²) in [6.07, 6.45) is 37.6. The summed E-state index contributed by atoms with van der Waals surface area (Å²) >= 11 is 0. The quantitative estimate of drug-likeness (QED) is 0.0170. The summed E-state index contributed by atoms with van der Waals surface area (Å²) < 4.78 is 26.2. The molecular weight excluding hydrogens is 643 g/mol. The Morgan fingerprint density at radius 3 is 1.82 bits per heavy atom. The average molecular weight is 709 g/mol. The van der Waals surface area contributed by atoms with E-state index in [4.69, 9.17) is 19.3 Å². The molecular formula is C39H65O9P. The maximum Gasteiger partial charge on any atom is 0.469 e. The Bertz CT molecular complexity index is 1040. The van der Waals surface area contributed by atoms with E-state index >= 15 is 0 Å². The number of carbonyl (C=O) groups excluding carboxylic acids is 3. The van der Waals surface area contributed by atoms with E-state index in [1.54, 1.807) is 12.2 Å². The zero-order valence-electron chi connectivity index (χ0n) is 30.3. The van der Waals surface area contributed by atoms with Gasteiger partial charge in [0.2, 0.25) is 0 Å². The smallest absolute Gasteiger partial charge is 0.462 e. The van der Waals surface area contributed by atoms with Gasteiger partial charge < -0.3 is 19.3 Å². The molecule has 0 unspecified atom stereocenters. The number of ketones is 1. The fraction of sp³-hybridized carbons (Fsp3) is 0.667. The molecule has 280 valence electrons. The van der Waals surface area contributed by atoms with E-state index in [0.29, 0.717) is 19.3 Å². The van der Waals surface area contributed by atoms with Crippen molar-refractivity contribution in [2.24, 2.45) is 0 Å². The van der Waals surface area contributed by atoms with E-state index < -0.39 is 32.5 Å². The molecule has 0 rings (SSSR count). The fourth-order valence-corrected chi connectivity index (χ4v) is 5.08. The molecule has 0 aliphatic rings. The number of phosphoric ester groups is 1. The van der Waals surface area contributed by atoms with E-state index in [0.717, 1.165) is 83.5 Å². The largest absolute Gasteiger partial charge is 0.469 e. The van der Waals surface area contributed by atoms with Gasteiger partial charge in [-0.25, -0.2) is 4.57 Å². The number of esters is 2. The van der Waals surface area contributed by atoms with E-state index in [1.165, 1.54) is 19.3 Å². The highest BCUT2D eigenvalue weighted by Crippen LogP contribution is 2.36. The van der Waals surface area contributed by atoms with Crippen molar-refractivity contribution in [2.75, 3.05) is 13.2 Å². The molecule has 0 aromatic heterocycles. The molecule has 10 heteroatoms. The molecule has 0 fully saturated rings. The molecule has 0 heterocycles. The number of rotatable bonds is 33. The Labute approximate surface area is 296 Å². The second kappa shape index (κ2) is 33.9. The van der Waals surface area contributed by atoms with Gasteiger partial charge in [0.25, 0.3) is 0 Å². The minimum Gasteiger partial charge on any atom is -0.462 e. The number of hydrogen-bond donors (Lipinski definition) is 2. The predicted molar refractivity (Wildman–Crippen MR) is 198 cm³/mol. The van der Waals surface area contributed by atoms with Gasteiger partial charge in [-0.2, -0.15) is 0 Å². The highest BCUT2D eigenvalue weighted by atomic mass is 31.2. The number of allylic oxidation sites excluding steroid dienone is 10. The van der Waals surface area contributed by atoms with Crippen LogP contribution in [0.15, 0.2) is 60.8 Å². The first kappa shape index (κ1) is 46.4. The molecule has 0 aromatic rings. The second-order valence-electron chi connectivity index (χ2n) is 12.2. The first-order chi connectivity index (χ1) is 23.7. The molecule has 0 radical (unpaired) electrons. The van der Waals surface area contributed by atoms with E-state index in [9.17, 15) is 18.9 Å². The summed E-state index contributed by atoms with van der Waals surface area (Å²) in [7, 11) is -4.79. The van der Waals surface area contributed by atoms with Gasteiger partial charge in [-0.15, -0.1) is 0 Å². The van der Waals surface area contributed by atoms with E-state index in [2.05, 4.69) is 60.9 Å². The van der Waals surface area contributed by atoms with Crippen LogP contribution in [0.4, 0.5) is 0 Å². The topological polar surface area (TPSA) is 136 Å². The van der Waals surface area contributed by atoms with E-state index in [-0.39, 0.29) is 25.2 Å². The highest BCUT2D eigenvalue weighted by Gasteiger charge is 2.22. The molecule has 0 bridgehead atoms. The van der Waals surface area contributed by atoms with Crippen LogP contribution < -0.4 is 0 Å². The van der Waals surface area contributed by atoms with Crippen LogP contribution in [0.2, 0.25) is 0 Å². The molecule has 0 aliphatic carbocycles. The lowest BCUT2D eigenvalue weighted by molar-refractivity contribution is -0.161. The number of carbonyl (C=O) groups is 3. The van der Waals surface area contributed by atoms with Gasteiger partial charge in [0, 0.05) is 19.3 Å². The van der Waals surface area contributed by atoms with Crippen molar-refractivity contribution in [2.45, 2.75) is 155 Å². The fourth-order valence-electron chi connectivity index (χ4n) is 4.72. The molecule has 9 nitrogen and oxygen atoms in total. The summed E-state index contributed by atoms with van der Waals surface area (Å²) in [5.74, 6) is -0.897. The third kappa shape index (κ3) is 36.5. The van der Waals surface area contributed by atoms with Crippen molar-refractivity contribution in [3.63, 3.8) is 0 Å². The van der Waals surface area contributed by atoms with Crippen LogP contribution in [0.1, 0.15) is 149 Å². The number of ether oxygens (including phenoxy) is 2. The van der Waals surface area contributed by atoms with Crippen LogP contribution >= 0.6 is 7.82 Å². The van der Waals surface area contributed by atoms with Gasteiger partial charge >= 0.3 is 19.8 Å². The first-order valence-corrected chi connectivity index (χ1v) is 20.1. The van der Waals surface area contributed by atoms with Crippen LogP contribution in [-0.4, -0.2) is 46.8 Å². The third-order valence-electron chi connectivity index (χ3n) is 7.50. The molecule has 0 aliphatic heterocycles. The van der Waals surface area contributed by atoms with Gasteiger partial charge in [0.1, 0.15) is 6.61 Å². The lowest BCUT2D eigenvalue weighted by atomic mass is 10.1. The predicted octanol–water partition coefficient (Wildman–Crippen LogP) is 10.1. The van der Waals surface area contributed by atoms with Gasteiger partial charge in [-0.1, -0.05) is 120 Å². The number of unbranched alkanes of at least 4 members (excludes halogenated alkanes) is 12. The van der Waals surface area contributed by atoms with Crippen LogP contribution in [0.3, 0.4) is 0 Å². The normalized spacial score (nSPS) is 13.1. The average Bonchev–Trinajstić information content (AvgIpc) is 3.06. The first-order valence-electron chi connectivity index (χ1n) is 18.5. The zero-order chi connectivity index (χ0) is 36.3. The van der Waals surface area contributed by atoms with Gasteiger partial charge in [0.05, 0.1) is 6.61 Å². The minimum absolute atomic E-state index is 0.107. The standard InChI is InChI=1S/C39H65O9P/c1-3-5-7-9-11-12-13-14-15-16-17-18-20-24-28-32-38(41)46-34-37(35-47-49(43,44)45)48-39(42)33-29-25-21-23-27-31-36(40)30-26-22-19-10-8-6-4-2/h5,7,11-12,14-15,19,22,26,30,37H,3-4,6,8-10,13,16-18,20-21,23-25,27-29,31-35H2,1-2H3,(H2,43,44,45)/b7-5-,12-11-,15-14-,22-19-,30-26+/t37-/m1/s1. The van der Waals surface area contributed by atoms with Crippen LogP contribution in [-0.2, 0) is 32.9 Å². The van der Waals surface area contributed by atoms with Gasteiger partial charge in [0.15, 0.2) is 11.9 Å². The van der Waals surface area contributed by atoms with Crippen LogP contribution in [0.25, 0.3) is 0 Å². The summed E-state index contributed by atoms with van der Waals surface area (Å²) in [5, 5.41) is 0. The van der Waals surface area contributed by atoms with Crippen molar-refractivity contribution < 1.29 is 42.7 Å². The highest BCUT2D eigenvalue weighted by molar-refractivity contribution is 7.46. The monoisotopic (exact) mass is 708 g/mol. The number of hydrogen-bond acceptors (Lipinski definition) is 7. The summed E-state index contributed by atoms with van der Waals surface area (Å²) in [6, 6.07) is 0. The van der Waals surface area contributed by atoms with Gasteiger partial charge in [-0.05, 0) is 70.3 Å². The van der Waals surface area contributed by atoms with Gasteiger partial charge in [-0.3, -0.25) is 18.9 Å². The molecule has 2 N–H and O–H groups in total. The summed E-state index contributed by atoms with van der Waals surface area (Å²) in [4.78, 5) is 54.6. The molecule has 0 aromatic carbocycles. The van der Waals surface area contributed by atoms with Crippen molar-refractivity contribution in [1.82, 2.24) is 0 Å². The summed E-state index contributed by atoms with van der Waals surface area (Å²) in [6.45, 7) is 3.38. The second-order valence-corrected chi connectivity index (χ2v) is 13.4. The Balaban J connectivity index is 4.11.